The Morgan fingerprint density at radius 2 is 1.73 bits per heavy atom. The second-order valence-electron chi connectivity index (χ2n) is 8.33. The SMILES string of the molecule is CCN(CCNC(=O)Nc1ccc(Oc2ncnc3cc(OC)c(OC)cc23)cc1)c1cccc(C)c1. The van der Waals surface area contributed by atoms with Crippen LogP contribution in [0.2, 0.25) is 0 Å². The Kier molecular flexibility index (Phi) is 8.25. The van der Waals surface area contributed by atoms with Crippen molar-refractivity contribution in [2.24, 2.45) is 0 Å². The van der Waals surface area contributed by atoms with Gasteiger partial charge in [0.1, 0.15) is 12.1 Å². The number of amides is 2. The molecule has 37 heavy (non-hydrogen) atoms. The van der Waals surface area contributed by atoms with Gasteiger partial charge in [0, 0.05) is 37.1 Å². The number of urea groups is 1. The van der Waals surface area contributed by atoms with Gasteiger partial charge in [-0.2, -0.15) is 0 Å². The second kappa shape index (κ2) is 11.9. The van der Waals surface area contributed by atoms with Gasteiger partial charge in [0.05, 0.1) is 25.1 Å². The van der Waals surface area contributed by atoms with E-state index in [9.17, 15) is 4.79 Å². The Morgan fingerprint density at radius 1 is 0.973 bits per heavy atom. The van der Waals surface area contributed by atoms with Crippen molar-refractivity contribution in [1.82, 2.24) is 15.3 Å². The number of benzene rings is 3. The van der Waals surface area contributed by atoms with E-state index in [1.165, 1.54) is 11.9 Å². The summed E-state index contributed by atoms with van der Waals surface area (Å²) in [5.41, 5.74) is 3.67. The van der Waals surface area contributed by atoms with Crippen molar-refractivity contribution < 1.29 is 19.0 Å². The fraction of sp³-hybridized carbons (Fsp3) is 0.250. The number of carbonyl (C=O) groups excluding carboxylic acids is 1. The molecule has 4 aromatic rings. The third kappa shape index (κ3) is 6.38. The quantitative estimate of drug-likeness (QED) is 0.300. The van der Waals surface area contributed by atoms with Gasteiger partial charge in [-0.1, -0.05) is 12.1 Å². The average molecular weight is 502 g/mol. The zero-order valence-corrected chi connectivity index (χ0v) is 21.4. The largest absolute Gasteiger partial charge is 0.493 e. The van der Waals surface area contributed by atoms with Gasteiger partial charge in [0.25, 0.3) is 0 Å². The van der Waals surface area contributed by atoms with Crippen LogP contribution in [0.15, 0.2) is 67.0 Å². The van der Waals surface area contributed by atoms with Crippen molar-refractivity contribution in [1.29, 1.82) is 0 Å². The number of hydrogen-bond acceptors (Lipinski definition) is 7. The lowest BCUT2D eigenvalue weighted by atomic mass is 10.2. The predicted molar refractivity (Wildman–Crippen MR) is 145 cm³/mol. The summed E-state index contributed by atoms with van der Waals surface area (Å²) in [5, 5.41) is 6.45. The van der Waals surface area contributed by atoms with Crippen molar-refractivity contribution in [3.8, 4) is 23.1 Å². The monoisotopic (exact) mass is 501 g/mol. The molecule has 3 aromatic carbocycles. The maximum atomic E-state index is 12.4. The highest BCUT2D eigenvalue weighted by Crippen LogP contribution is 2.35. The highest BCUT2D eigenvalue weighted by molar-refractivity contribution is 5.89. The summed E-state index contributed by atoms with van der Waals surface area (Å²) < 4.78 is 16.7. The number of aryl methyl sites for hydroxylation is 1. The minimum absolute atomic E-state index is 0.267. The summed E-state index contributed by atoms with van der Waals surface area (Å²) >= 11 is 0. The molecular formula is C28H31N5O4. The summed E-state index contributed by atoms with van der Waals surface area (Å²) in [6, 6.07) is 18.7. The van der Waals surface area contributed by atoms with E-state index in [0.717, 1.165) is 12.2 Å². The number of aromatic nitrogens is 2. The van der Waals surface area contributed by atoms with E-state index in [-0.39, 0.29) is 6.03 Å². The van der Waals surface area contributed by atoms with E-state index in [2.05, 4.69) is 57.5 Å². The van der Waals surface area contributed by atoms with E-state index < -0.39 is 0 Å². The molecule has 1 heterocycles. The summed E-state index contributed by atoms with van der Waals surface area (Å²) in [4.78, 5) is 23.2. The molecular weight excluding hydrogens is 470 g/mol. The third-order valence-electron chi connectivity index (χ3n) is 5.85. The first-order chi connectivity index (χ1) is 18.0. The summed E-state index contributed by atoms with van der Waals surface area (Å²) in [6.07, 6.45) is 1.43. The van der Waals surface area contributed by atoms with Crippen LogP contribution in [0.4, 0.5) is 16.2 Å². The van der Waals surface area contributed by atoms with E-state index in [1.54, 1.807) is 50.6 Å². The molecule has 0 aliphatic heterocycles. The summed E-state index contributed by atoms with van der Waals surface area (Å²) in [7, 11) is 3.14. The zero-order chi connectivity index (χ0) is 26.2. The van der Waals surface area contributed by atoms with Crippen molar-refractivity contribution in [3.63, 3.8) is 0 Å². The van der Waals surface area contributed by atoms with Crippen molar-refractivity contribution in [3.05, 3.63) is 72.6 Å². The molecule has 9 nitrogen and oxygen atoms in total. The van der Waals surface area contributed by atoms with Crippen LogP contribution >= 0.6 is 0 Å². The molecule has 0 atom stereocenters. The van der Waals surface area contributed by atoms with Gasteiger partial charge in [-0.05, 0) is 61.9 Å². The van der Waals surface area contributed by atoms with E-state index in [0.29, 0.717) is 52.8 Å². The van der Waals surface area contributed by atoms with Gasteiger partial charge in [0.15, 0.2) is 11.5 Å². The van der Waals surface area contributed by atoms with Crippen molar-refractivity contribution >= 4 is 28.3 Å². The molecule has 0 saturated carbocycles. The normalized spacial score (nSPS) is 10.6. The Balaban J connectivity index is 1.34. The van der Waals surface area contributed by atoms with Crippen molar-refractivity contribution in [2.75, 3.05) is 44.1 Å². The van der Waals surface area contributed by atoms with Crippen molar-refractivity contribution in [2.45, 2.75) is 13.8 Å². The van der Waals surface area contributed by atoms with Gasteiger partial charge in [-0.15, -0.1) is 0 Å². The molecule has 0 spiro atoms. The first-order valence-electron chi connectivity index (χ1n) is 12.0. The Morgan fingerprint density at radius 3 is 2.43 bits per heavy atom. The fourth-order valence-electron chi connectivity index (χ4n) is 3.93. The zero-order valence-electron chi connectivity index (χ0n) is 21.4. The van der Waals surface area contributed by atoms with Gasteiger partial charge in [-0.25, -0.2) is 14.8 Å². The van der Waals surface area contributed by atoms with Crippen LogP contribution in [0.1, 0.15) is 12.5 Å². The lowest BCUT2D eigenvalue weighted by Gasteiger charge is -2.23. The minimum Gasteiger partial charge on any atom is -0.493 e. The minimum atomic E-state index is -0.267. The van der Waals surface area contributed by atoms with Crippen LogP contribution in [0.25, 0.3) is 10.9 Å². The number of methoxy groups -OCH3 is 2. The van der Waals surface area contributed by atoms with Gasteiger partial charge >= 0.3 is 6.03 Å². The van der Waals surface area contributed by atoms with E-state index >= 15 is 0 Å². The first kappa shape index (κ1) is 25.6. The molecule has 0 aliphatic rings. The van der Waals surface area contributed by atoms with Crippen LogP contribution in [-0.4, -0.2) is 49.9 Å². The van der Waals surface area contributed by atoms with Crippen LogP contribution < -0.4 is 29.7 Å². The molecule has 0 fully saturated rings. The number of rotatable bonds is 10. The molecule has 2 N–H and O–H groups in total. The molecule has 2 amide bonds. The number of fused-ring (bicyclic) bond motifs is 1. The summed E-state index contributed by atoms with van der Waals surface area (Å²) in [5.74, 6) is 2.09. The second-order valence-corrected chi connectivity index (χ2v) is 8.33. The first-order valence-corrected chi connectivity index (χ1v) is 12.0. The highest BCUT2D eigenvalue weighted by atomic mass is 16.5. The number of carbonyl (C=O) groups is 1. The van der Waals surface area contributed by atoms with Crippen LogP contribution in [-0.2, 0) is 0 Å². The van der Waals surface area contributed by atoms with Gasteiger partial charge in [0.2, 0.25) is 5.88 Å². The molecule has 0 bridgehead atoms. The topological polar surface area (TPSA) is 97.8 Å². The maximum Gasteiger partial charge on any atom is 0.319 e. The standard InChI is InChI=1S/C28H31N5O4/c1-5-33(21-8-6-7-19(2)15-21)14-13-29-28(34)32-20-9-11-22(12-10-20)37-27-23-16-25(35-3)26(36-4)17-24(23)30-18-31-27/h6-12,15-18H,5,13-14H2,1-4H3,(H2,29,32,34). The molecule has 0 aliphatic carbocycles. The fourth-order valence-corrected chi connectivity index (χ4v) is 3.93. The number of likely N-dealkylation sites (N-methyl/N-ethyl adjacent to an activating group) is 1. The average Bonchev–Trinajstić information content (AvgIpc) is 2.91. The highest BCUT2D eigenvalue weighted by Gasteiger charge is 2.13. The Labute approximate surface area is 216 Å². The molecule has 0 saturated heterocycles. The molecule has 0 radical (unpaired) electrons. The number of anilines is 2. The van der Waals surface area contributed by atoms with Crippen LogP contribution in [0.5, 0.6) is 23.1 Å². The Hall–Kier alpha value is -4.53. The van der Waals surface area contributed by atoms with Gasteiger partial charge in [-0.3, -0.25) is 0 Å². The number of nitrogens with zero attached hydrogens (tertiary/aromatic N) is 3. The molecule has 1 aromatic heterocycles. The number of hydrogen-bond donors (Lipinski definition) is 2. The molecule has 0 unspecified atom stereocenters. The smallest absolute Gasteiger partial charge is 0.319 e. The molecule has 9 heteroatoms. The van der Waals surface area contributed by atoms with Gasteiger partial charge < -0.3 is 29.7 Å². The van der Waals surface area contributed by atoms with Crippen LogP contribution in [0, 0.1) is 6.92 Å². The predicted octanol–water partition coefficient (Wildman–Crippen LogP) is 5.40. The maximum absolute atomic E-state index is 12.4. The van der Waals surface area contributed by atoms with E-state index in [1.807, 2.05) is 6.07 Å². The number of ether oxygens (including phenoxy) is 3. The third-order valence-corrected chi connectivity index (χ3v) is 5.85. The lowest BCUT2D eigenvalue weighted by Crippen LogP contribution is -2.37. The number of nitrogens with one attached hydrogen (secondary N) is 2. The van der Waals surface area contributed by atoms with E-state index in [4.69, 9.17) is 14.2 Å². The molecule has 192 valence electrons. The Bertz CT molecular complexity index is 1360. The van der Waals surface area contributed by atoms with Crippen LogP contribution in [0.3, 0.4) is 0 Å². The molecule has 4 rings (SSSR count). The summed E-state index contributed by atoms with van der Waals surface area (Å²) in [6.45, 7) is 6.26. The lowest BCUT2D eigenvalue weighted by molar-refractivity contribution is 0.252.